The molecule has 90 valence electrons. The molecule has 0 aromatic heterocycles. The van der Waals surface area contributed by atoms with Crippen molar-refractivity contribution in [2.45, 2.75) is 40.0 Å². The van der Waals surface area contributed by atoms with Crippen molar-refractivity contribution in [2.75, 3.05) is 6.61 Å². The molecule has 0 amide bonds. The van der Waals surface area contributed by atoms with Crippen LogP contribution in [-0.2, 0) is 0 Å². The van der Waals surface area contributed by atoms with Crippen molar-refractivity contribution in [2.24, 2.45) is 11.3 Å². The summed E-state index contributed by atoms with van der Waals surface area (Å²) in [4.78, 5) is 0. The number of rotatable bonds is 4. The monoisotopic (exact) mass is 220 g/mol. The fourth-order valence-electron chi connectivity index (χ4n) is 2.15. The molecule has 0 bridgehead atoms. The molecule has 0 aliphatic heterocycles. The summed E-state index contributed by atoms with van der Waals surface area (Å²) >= 11 is 0. The van der Waals surface area contributed by atoms with Crippen molar-refractivity contribution in [1.29, 1.82) is 0 Å². The molecule has 0 saturated carbocycles. The van der Waals surface area contributed by atoms with Crippen LogP contribution in [-0.4, -0.2) is 11.7 Å². The maximum atomic E-state index is 9.20. The lowest BCUT2D eigenvalue weighted by Crippen LogP contribution is -2.21. The average Bonchev–Trinajstić information content (AvgIpc) is 2.25. The van der Waals surface area contributed by atoms with Crippen LogP contribution in [0.25, 0.3) is 0 Å². The molecule has 2 unspecified atom stereocenters. The standard InChI is InChI=1S/C15H24O/c1-12(11-16)10-14(15(2,3)4)13-8-6-5-7-9-13/h5-9,12,14,16H,10-11H2,1-4H3. The van der Waals surface area contributed by atoms with Crippen LogP contribution in [0, 0.1) is 11.3 Å². The lowest BCUT2D eigenvalue weighted by atomic mass is 9.72. The molecule has 1 rings (SSSR count). The molecule has 0 aliphatic carbocycles. The van der Waals surface area contributed by atoms with Gasteiger partial charge in [0.05, 0.1) is 0 Å². The summed E-state index contributed by atoms with van der Waals surface area (Å²) in [5, 5.41) is 9.20. The van der Waals surface area contributed by atoms with Crippen molar-refractivity contribution >= 4 is 0 Å². The molecule has 0 aliphatic rings. The van der Waals surface area contributed by atoms with Crippen molar-refractivity contribution in [1.82, 2.24) is 0 Å². The topological polar surface area (TPSA) is 20.2 Å². The van der Waals surface area contributed by atoms with Gasteiger partial charge in [-0.1, -0.05) is 58.0 Å². The second kappa shape index (κ2) is 5.49. The highest BCUT2D eigenvalue weighted by molar-refractivity contribution is 5.21. The molecule has 1 heteroatoms. The average molecular weight is 220 g/mol. The van der Waals surface area contributed by atoms with Crippen LogP contribution in [0.4, 0.5) is 0 Å². The van der Waals surface area contributed by atoms with Crippen LogP contribution in [0.2, 0.25) is 0 Å². The predicted octanol–water partition coefficient (Wildman–Crippen LogP) is 3.83. The molecule has 0 radical (unpaired) electrons. The number of hydrogen-bond acceptors (Lipinski definition) is 1. The Morgan fingerprint density at radius 1 is 1.12 bits per heavy atom. The molecule has 0 fully saturated rings. The zero-order chi connectivity index (χ0) is 12.2. The molecule has 1 aromatic carbocycles. The molecule has 0 saturated heterocycles. The van der Waals surface area contributed by atoms with Gasteiger partial charge in [0, 0.05) is 6.61 Å². The van der Waals surface area contributed by atoms with Gasteiger partial charge in [-0.25, -0.2) is 0 Å². The van der Waals surface area contributed by atoms with Crippen LogP contribution in [0.3, 0.4) is 0 Å². The first-order chi connectivity index (χ1) is 7.45. The normalized spacial score (nSPS) is 15.8. The summed E-state index contributed by atoms with van der Waals surface area (Å²) in [7, 11) is 0. The van der Waals surface area contributed by atoms with Crippen molar-refractivity contribution in [3.63, 3.8) is 0 Å². The molecule has 2 atom stereocenters. The summed E-state index contributed by atoms with van der Waals surface area (Å²) in [5.74, 6) is 0.875. The Bertz CT molecular complexity index is 297. The Kier molecular flexibility index (Phi) is 4.55. The van der Waals surface area contributed by atoms with Crippen LogP contribution in [0.1, 0.15) is 45.6 Å². The van der Waals surface area contributed by atoms with Crippen molar-refractivity contribution in [3.8, 4) is 0 Å². The van der Waals surface area contributed by atoms with Crippen LogP contribution in [0.5, 0.6) is 0 Å². The van der Waals surface area contributed by atoms with E-state index in [9.17, 15) is 5.11 Å². The Hall–Kier alpha value is -0.820. The minimum Gasteiger partial charge on any atom is -0.396 e. The largest absolute Gasteiger partial charge is 0.396 e. The predicted molar refractivity (Wildman–Crippen MR) is 69.5 cm³/mol. The Balaban J connectivity index is 2.89. The fraction of sp³-hybridized carbons (Fsp3) is 0.600. The van der Waals surface area contributed by atoms with Gasteiger partial charge >= 0.3 is 0 Å². The molecular formula is C15H24O. The minimum atomic E-state index is 0.241. The van der Waals surface area contributed by atoms with E-state index < -0.39 is 0 Å². The highest BCUT2D eigenvalue weighted by Crippen LogP contribution is 2.39. The highest BCUT2D eigenvalue weighted by Gasteiger charge is 2.27. The van der Waals surface area contributed by atoms with E-state index in [-0.39, 0.29) is 12.0 Å². The Morgan fingerprint density at radius 3 is 2.12 bits per heavy atom. The smallest absolute Gasteiger partial charge is 0.0456 e. The Morgan fingerprint density at radius 2 is 1.69 bits per heavy atom. The number of aliphatic hydroxyl groups excluding tert-OH is 1. The first-order valence-electron chi connectivity index (χ1n) is 6.11. The van der Waals surface area contributed by atoms with E-state index in [1.807, 2.05) is 0 Å². The third-order valence-electron chi connectivity index (χ3n) is 3.20. The molecule has 16 heavy (non-hydrogen) atoms. The van der Waals surface area contributed by atoms with Gasteiger partial charge in [0.15, 0.2) is 0 Å². The van der Waals surface area contributed by atoms with E-state index >= 15 is 0 Å². The first kappa shape index (κ1) is 13.2. The van der Waals surface area contributed by atoms with Gasteiger partial charge in [-0.05, 0) is 29.2 Å². The van der Waals surface area contributed by atoms with E-state index in [1.165, 1.54) is 5.56 Å². The van der Waals surface area contributed by atoms with Crippen LogP contribution < -0.4 is 0 Å². The summed E-state index contributed by atoms with van der Waals surface area (Å²) in [6.07, 6.45) is 1.05. The Labute approximate surface area is 99.5 Å². The maximum Gasteiger partial charge on any atom is 0.0456 e. The first-order valence-corrected chi connectivity index (χ1v) is 6.11. The van der Waals surface area contributed by atoms with Gasteiger partial charge in [-0.2, -0.15) is 0 Å². The van der Waals surface area contributed by atoms with Gasteiger partial charge in [0.1, 0.15) is 0 Å². The second-order valence-corrected chi connectivity index (χ2v) is 5.85. The SMILES string of the molecule is CC(CO)CC(c1ccccc1)C(C)(C)C. The quantitative estimate of drug-likeness (QED) is 0.817. The third-order valence-corrected chi connectivity index (χ3v) is 3.20. The van der Waals surface area contributed by atoms with E-state index in [4.69, 9.17) is 0 Å². The lowest BCUT2D eigenvalue weighted by Gasteiger charge is -2.33. The van der Waals surface area contributed by atoms with Gasteiger partial charge in [-0.15, -0.1) is 0 Å². The van der Waals surface area contributed by atoms with E-state index in [2.05, 4.69) is 58.0 Å². The summed E-state index contributed by atoms with van der Waals surface area (Å²) < 4.78 is 0. The summed E-state index contributed by atoms with van der Waals surface area (Å²) in [6.45, 7) is 9.21. The van der Waals surface area contributed by atoms with E-state index in [1.54, 1.807) is 0 Å². The third kappa shape index (κ3) is 3.64. The van der Waals surface area contributed by atoms with Gasteiger partial charge in [-0.3, -0.25) is 0 Å². The van der Waals surface area contributed by atoms with Crippen molar-refractivity contribution < 1.29 is 5.11 Å². The number of benzene rings is 1. The maximum absolute atomic E-state index is 9.20. The molecule has 0 spiro atoms. The zero-order valence-corrected chi connectivity index (χ0v) is 10.9. The molecule has 1 N–H and O–H groups in total. The van der Waals surface area contributed by atoms with Gasteiger partial charge in [0.25, 0.3) is 0 Å². The zero-order valence-electron chi connectivity index (χ0n) is 10.9. The number of aliphatic hydroxyl groups is 1. The number of hydrogen-bond donors (Lipinski definition) is 1. The molecular weight excluding hydrogens is 196 g/mol. The molecule has 1 nitrogen and oxygen atoms in total. The molecule has 0 heterocycles. The van der Waals surface area contributed by atoms with Crippen LogP contribution >= 0.6 is 0 Å². The second-order valence-electron chi connectivity index (χ2n) is 5.85. The minimum absolute atomic E-state index is 0.241. The van der Waals surface area contributed by atoms with Crippen LogP contribution in [0.15, 0.2) is 30.3 Å². The van der Waals surface area contributed by atoms with Gasteiger partial charge < -0.3 is 5.11 Å². The fourth-order valence-corrected chi connectivity index (χ4v) is 2.15. The summed E-state index contributed by atoms with van der Waals surface area (Å²) in [5.41, 5.74) is 1.63. The molecule has 1 aromatic rings. The lowest BCUT2D eigenvalue weighted by molar-refractivity contribution is 0.194. The van der Waals surface area contributed by atoms with Gasteiger partial charge in [0.2, 0.25) is 0 Å². The highest BCUT2D eigenvalue weighted by atomic mass is 16.3. The van der Waals surface area contributed by atoms with E-state index in [0.29, 0.717) is 11.8 Å². The van der Waals surface area contributed by atoms with Crippen molar-refractivity contribution in [3.05, 3.63) is 35.9 Å². The summed E-state index contributed by atoms with van der Waals surface area (Å²) in [6, 6.07) is 10.6. The van der Waals surface area contributed by atoms with E-state index in [0.717, 1.165) is 6.42 Å².